The van der Waals surface area contributed by atoms with Crippen molar-refractivity contribution in [2.75, 3.05) is 10.7 Å². The van der Waals surface area contributed by atoms with Gasteiger partial charge in [-0.1, -0.05) is 53.7 Å². The summed E-state index contributed by atoms with van der Waals surface area (Å²) in [5, 5.41) is 13.0. The summed E-state index contributed by atoms with van der Waals surface area (Å²) in [6.07, 6.45) is -5.84. The molecule has 1 aliphatic rings. The average Bonchev–Trinajstić information content (AvgIpc) is 3.43. The number of halogens is 7. The molecule has 3 aromatic carbocycles. The Hall–Kier alpha value is -4.04. The van der Waals surface area contributed by atoms with E-state index in [1.165, 1.54) is 70.3 Å². The quantitative estimate of drug-likeness (QED) is 0.121. The van der Waals surface area contributed by atoms with Crippen molar-refractivity contribution in [3.05, 3.63) is 89.2 Å². The normalized spacial score (nSPS) is 17.2. The van der Waals surface area contributed by atoms with Crippen molar-refractivity contribution < 1.29 is 31.1 Å². The third-order valence-electron chi connectivity index (χ3n) is 6.29. The standard InChI is InChI=1S/C28H21ClF6N6OS/c1-17-13-14-43-26(41(17)24-22(27(30,31)32)3-2-4-23(24)29)38-37-15-18-5-7-19(8-6-18)25-36-16-40(39-25)20-9-11-21(12-10-20)42-28(33,34)35/h2-12,15-17H,13-14H2,1H3. The highest BCUT2D eigenvalue weighted by molar-refractivity contribution is 8.14. The number of rotatable bonds is 6. The summed E-state index contributed by atoms with van der Waals surface area (Å²) in [5.74, 6) is 0.693. The number of alkyl halides is 6. The Bertz CT molecular complexity index is 1640. The lowest BCUT2D eigenvalue weighted by Gasteiger charge is -2.37. The number of para-hydroxylation sites is 1. The van der Waals surface area contributed by atoms with E-state index >= 15 is 0 Å². The first-order chi connectivity index (χ1) is 20.4. The minimum Gasteiger partial charge on any atom is -0.406 e. The van der Waals surface area contributed by atoms with Gasteiger partial charge in [0.05, 0.1) is 28.2 Å². The number of ether oxygens (including phenoxy) is 1. The average molecular weight is 639 g/mol. The van der Waals surface area contributed by atoms with Crippen LogP contribution in [0.15, 0.2) is 83.3 Å². The van der Waals surface area contributed by atoms with Gasteiger partial charge in [0.25, 0.3) is 0 Å². The summed E-state index contributed by atoms with van der Waals surface area (Å²) in [6.45, 7) is 1.81. The molecule has 15 heteroatoms. The van der Waals surface area contributed by atoms with Crippen LogP contribution in [0.25, 0.3) is 17.1 Å². The van der Waals surface area contributed by atoms with Crippen LogP contribution in [-0.4, -0.2) is 44.3 Å². The Kier molecular flexibility index (Phi) is 8.69. The number of hydrogen-bond donors (Lipinski definition) is 0. The van der Waals surface area contributed by atoms with Gasteiger partial charge in [-0.25, -0.2) is 9.67 Å². The van der Waals surface area contributed by atoms with Gasteiger partial charge in [-0.15, -0.1) is 23.4 Å². The molecule has 0 spiro atoms. The molecule has 0 amide bonds. The van der Waals surface area contributed by atoms with Gasteiger partial charge < -0.3 is 9.64 Å². The highest BCUT2D eigenvalue weighted by atomic mass is 35.5. The molecule has 1 aliphatic heterocycles. The molecular weight excluding hydrogens is 618 g/mol. The van der Waals surface area contributed by atoms with Crippen molar-refractivity contribution in [1.29, 1.82) is 0 Å². The fourth-order valence-corrected chi connectivity index (χ4v) is 5.70. The molecule has 1 unspecified atom stereocenters. The van der Waals surface area contributed by atoms with E-state index in [0.717, 1.165) is 6.07 Å². The number of thioether (sulfide) groups is 1. The molecule has 7 nitrogen and oxygen atoms in total. The molecule has 0 radical (unpaired) electrons. The minimum absolute atomic E-state index is 0.0278. The maximum Gasteiger partial charge on any atom is 0.573 e. The molecule has 0 bridgehead atoms. The van der Waals surface area contributed by atoms with Crippen molar-refractivity contribution in [2.45, 2.75) is 31.9 Å². The van der Waals surface area contributed by atoms with E-state index in [1.54, 1.807) is 24.3 Å². The molecule has 1 saturated heterocycles. The van der Waals surface area contributed by atoms with Crippen LogP contribution >= 0.6 is 23.4 Å². The summed E-state index contributed by atoms with van der Waals surface area (Å²) in [5.41, 5.74) is 0.832. The first-order valence-electron chi connectivity index (χ1n) is 12.7. The third-order valence-corrected chi connectivity index (χ3v) is 7.57. The van der Waals surface area contributed by atoms with E-state index in [9.17, 15) is 26.3 Å². The van der Waals surface area contributed by atoms with Crippen LogP contribution in [0.5, 0.6) is 5.75 Å². The van der Waals surface area contributed by atoms with Gasteiger partial charge in [-0.3, -0.25) is 0 Å². The van der Waals surface area contributed by atoms with Crippen molar-refractivity contribution in [2.24, 2.45) is 10.2 Å². The molecule has 0 saturated carbocycles. The van der Waals surface area contributed by atoms with Crippen LogP contribution in [0.4, 0.5) is 32.0 Å². The molecule has 5 rings (SSSR count). The predicted molar refractivity (Wildman–Crippen MR) is 154 cm³/mol. The van der Waals surface area contributed by atoms with Gasteiger partial charge in [-0.2, -0.15) is 18.3 Å². The fraction of sp³-hybridized carbons (Fsp3) is 0.214. The zero-order valence-electron chi connectivity index (χ0n) is 22.1. The maximum absolute atomic E-state index is 13.8. The van der Waals surface area contributed by atoms with Crippen LogP contribution in [-0.2, 0) is 6.18 Å². The second kappa shape index (κ2) is 12.3. The summed E-state index contributed by atoms with van der Waals surface area (Å²) in [4.78, 5) is 5.74. The van der Waals surface area contributed by atoms with Crippen LogP contribution in [0, 0.1) is 0 Å². The predicted octanol–water partition coefficient (Wildman–Crippen LogP) is 8.23. The second-order valence-electron chi connectivity index (χ2n) is 9.29. The molecule has 43 heavy (non-hydrogen) atoms. The van der Waals surface area contributed by atoms with Crippen LogP contribution in [0.3, 0.4) is 0 Å². The molecule has 2 heterocycles. The maximum atomic E-state index is 13.8. The number of nitrogens with zero attached hydrogens (tertiary/aromatic N) is 6. The molecule has 1 atom stereocenters. The largest absolute Gasteiger partial charge is 0.573 e. The number of hydrogen-bond acceptors (Lipinski definition) is 6. The van der Waals surface area contributed by atoms with Gasteiger partial charge in [0, 0.05) is 17.4 Å². The Morgan fingerprint density at radius 3 is 2.40 bits per heavy atom. The zero-order chi connectivity index (χ0) is 30.8. The lowest BCUT2D eigenvalue weighted by atomic mass is 10.1. The van der Waals surface area contributed by atoms with Crippen molar-refractivity contribution in [3.63, 3.8) is 0 Å². The van der Waals surface area contributed by atoms with Gasteiger partial charge in [-0.05, 0) is 55.3 Å². The third kappa shape index (κ3) is 7.31. The van der Waals surface area contributed by atoms with E-state index in [1.807, 2.05) is 6.92 Å². The van der Waals surface area contributed by atoms with E-state index in [4.69, 9.17) is 11.6 Å². The molecule has 224 valence electrons. The first kappa shape index (κ1) is 30.4. The fourth-order valence-electron chi connectivity index (χ4n) is 4.27. The molecule has 0 aliphatic carbocycles. The van der Waals surface area contributed by atoms with Crippen LogP contribution < -0.4 is 9.64 Å². The lowest BCUT2D eigenvalue weighted by Crippen LogP contribution is -2.42. The molecular formula is C28H21ClF6N6OS. The van der Waals surface area contributed by atoms with Gasteiger partial charge in [0.1, 0.15) is 12.1 Å². The molecule has 1 aromatic heterocycles. The molecule has 1 fully saturated rings. The second-order valence-corrected chi connectivity index (χ2v) is 10.8. The summed E-state index contributed by atoms with van der Waals surface area (Å²) in [6, 6.07) is 15.6. The van der Waals surface area contributed by atoms with E-state index < -0.39 is 18.1 Å². The van der Waals surface area contributed by atoms with Crippen LogP contribution in [0.1, 0.15) is 24.5 Å². The number of benzene rings is 3. The zero-order valence-corrected chi connectivity index (χ0v) is 23.7. The van der Waals surface area contributed by atoms with Gasteiger partial charge in [0.15, 0.2) is 11.0 Å². The van der Waals surface area contributed by atoms with Crippen molar-refractivity contribution >= 4 is 40.4 Å². The molecule has 0 N–H and O–H groups in total. The van der Waals surface area contributed by atoms with Gasteiger partial charge >= 0.3 is 12.5 Å². The Labute approximate surface area is 250 Å². The Morgan fingerprint density at radius 2 is 1.72 bits per heavy atom. The topological polar surface area (TPSA) is 67.9 Å². The Morgan fingerprint density at radius 1 is 1.00 bits per heavy atom. The lowest BCUT2D eigenvalue weighted by molar-refractivity contribution is -0.274. The number of amidine groups is 1. The SMILES string of the molecule is CC1CCSC(=NN=Cc2ccc(-c3ncn(-c4ccc(OC(F)(F)F)cc4)n3)cc2)N1c1c(Cl)cccc1C(F)(F)F. The number of aromatic nitrogens is 3. The first-order valence-corrected chi connectivity index (χ1v) is 14.0. The minimum atomic E-state index is -4.78. The molecule has 4 aromatic rings. The van der Waals surface area contributed by atoms with Crippen LogP contribution in [0.2, 0.25) is 5.02 Å². The highest BCUT2D eigenvalue weighted by Crippen LogP contribution is 2.43. The summed E-state index contributed by atoms with van der Waals surface area (Å²) < 4.78 is 83.9. The highest BCUT2D eigenvalue weighted by Gasteiger charge is 2.39. The van der Waals surface area contributed by atoms with E-state index in [2.05, 4.69) is 25.0 Å². The summed E-state index contributed by atoms with van der Waals surface area (Å²) >= 11 is 7.56. The monoisotopic (exact) mass is 638 g/mol. The Balaban J connectivity index is 1.31. The van der Waals surface area contributed by atoms with Crippen molar-refractivity contribution in [1.82, 2.24) is 14.8 Å². The van der Waals surface area contributed by atoms with Gasteiger partial charge in [0.2, 0.25) is 0 Å². The number of anilines is 1. The smallest absolute Gasteiger partial charge is 0.406 e. The van der Waals surface area contributed by atoms with Crippen molar-refractivity contribution in [3.8, 4) is 22.8 Å². The van der Waals surface area contributed by atoms with E-state index in [0.29, 0.717) is 40.0 Å². The van der Waals surface area contributed by atoms with E-state index in [-0.39, 0.29) is 22.5 Å². The summed E-state index contributed by atoms with van der Waals surface area (Å²) in [7, 11) is 0.